The zero-order chi connectivity index (χ0) is 18.7. The zero-order valence-electron chi connectivity index (χ0n) is 13.5. The fourth-order valence-electron chi connectivity index (χ4n) is 2.32. The molecule has 0 saturated heterocycles. The van der Waals surface area contributed by atoms with Crippen LogP contribution in [0, 0.1) is 0 Å². The first kappa shape index (κ1) is 18.1. The quantitative estimate of drug-likeness (QED) is 0.698. The van der Waals surface area contributed by atoms with Crippen LogP contribution in [0.4, 0.5) is 5.69 Å². The van der Waals surface area contributed by atoms with Gasteiger partial charge in [0.15, 0.2) is 0 Å². The van der Waals surface area contributed by atoms with E-state index in [2.05, 4.69) is 10.4 Å². The number of primary sulfonamides is 1. The van der Waals surface area contributed by atoms with Gasteiger partial charge in [0, 0.05) is 16.9 Å². The molecule has 0 aliphatic heterocycles. The average Bonchev–Trinajstić information content (AvgIpc) is 3.05. The normalized spacial score (nSPS) is 11.3. The molecule has 1 amide bonds. The van der Waals surface area contributed by atoms with Crippen LogP contribution in [-0.2, 0) is 15.8 Å². The molecule has 3 aromatic rings. The number of nitrogens with zero attached hydrogens (tertiary/aromatic N) is 2. The summed E-state index contributed by atoms with van der Waals surface area (Å²) in [5.41, 5.74) is 2.19. The van der Waals surface area contributed by atoms with Gasteiger partial charge in [-0.05, 0) is 35.9 Å². The molecule has 2 aromatic carbocycles. The van der Waals surface area contributed by atoms with Crippen LogP contribution in [-0.4, -0.2) is 24.1 Å². The Bertz CT molecular complexity index is 1050. The summed E-state index contributed by atoms with van der Waals surface area (Å²) >= 11 is 5.96. The van der Waals surface area contributed by atoms with Gasteiger partial charge >= 0.3 is 0 Å². The molecule has 0 saturated carbocycles. The molecule has 0 aliphatic rings. The number of rotatable bonds is 5. The van der Waals surface area contributed by atoms with Crippen molar-refractivity contribution in [2.24, 2.45) is 5.14 Å². The number of halogens is 1. The topological polar surface area (TPSA) is 107 Å². The van der Waals surface area contributed by atoms with Crippen molar-refractivity contribution in [3.8, 4) is 5.69 Å². The Labute approximate surface area is 155 Å². The van der Waals surface area contributed by atoms with Gasteiger partial charge in [0.1, 0.15) is 0 Å². The van der Waals surface area contributed by atoms with Crippen molar-refractivity contribution < 1.29 is 13.2 Å². The number of sulfonamides is 1. The minimum absolute atomic E-state index is 0.256. The first-order chi connectivity index (χ1) is 12.3. The van der Waals surface area contributed by atoms with Crippen molar-refractivity contribution in [3.05, 3.63) is 77.1 Å². The fourth-order valence-corrected chi connectivity index (χ4v) is 3.16. The molecule has 0 bridgehead atoms. The number of nitrogens with two attached hydrogens (primary N) is 1. The zero-order valence-corrected chi connectivity index (χ0v) is 15.0. The van der Waals surface area contributed by atoms with E-state index in [0.717, 1.165) is 5.69 Å². The van der Waals surface area contributed by atoms with Crippen LogP contribution in [0.3, 0.4) is 0 Å². The van der Waals surface area contributed by atoms with Crippen molar-refractivity contribution >= 4 is 33.2 Å². The van der Waals surface area contributed by atoms with Crippen molar-refractivity contribution in [3.63, 3.8) is 0 Å². The maximum Gasteiger partial charge on any atom is 0.258 e. The number of carbonyl (C=O) groups excluding carboxylic acids is 1. The summed E-state index contributed by atoms with van der Waals surface area (Å²) in [4.78, 5) is 12.3. The van der Waals surface area contributed by atoms with Crippen LogP contribution >= 0.6 is 11.6 Å². The van der Waals surface area contributed by atoms with Crippen LogP contribution in [0.2, 0.25) is 5.02 Å². The second kappa shape index (κ2) is 7.28. The van der Waals surface area contributed by atoms with E-state index in [9.17, 15) is 13.2 Å². The van der Waals surface area contributed by atoms with Gasteiger partial charge in [-0.1, -0.05) is 29.8 Å². The molecular formula is C17H15ClN4O3S. The molecule has 9 heteroatoms. The monoisotopic (exact) mass is 390 g/mol. The molecule has 7 nitrogen and oxygen atoms in total. The number of nitrogens with one attached hydrogen (secondary N) is 1. The summed E-state index contributed by atoms with van der Waals surface area (Å²) in [6.07, 6.45) is 3.04. The summed E-state index contributed by atoms with van der Waals surface area (Å²) < 4.78 is 23.7. The lowest BCUT2D eigenvalue weighted by Crippen LogP contribution is -2.14. The smallest absolute Gasteiger partial charge is 0.258 e. The molecule has 1 heterocycles. The molecule has 0 atom stereocenters. The highest BCUT2D eigenvalue weighted by atomic mass is 35.5. The lowest BCUT2D eigenvalue weighted by atomic mass is 10.2. The van der Waals surface area contributed by atoms with Gasteiger partial charge in [0.05, 0.1) is 23.2 Å². The van der Waals surface area contributed by atoms with E-state index in [1.807, 2.05) is 6.07 Å². The molecule has 1 aromatic heterocycles. The van der Waals surface area contributed by atoms with Crippen molar-refractivity contribution in [2.75, 3.05) is 5.32 Å². The highest BCUT2D eigenvalue weighted by Gasteiger charge is 2.11. The van der Waals surface area contributed by atoms with E-state index in [-0.39, 0.29) is 11.7 Å². The average molecular weight is 391 g/mol. The number of hydrogen-bond donors (Lipinski definition) is 2. The van der Waals surface area contributed by atoms with E-state index in [1.165, 1.54) is 6.20 Å². The first-order valence-corrected chi connectivity index (χ1v) is 9.61. The summed E-state index contributed by atoms with van der Waals surface area (Å²) in [5, 5.41) is 12.5. The molecule has 0 fully saturated rings. The first-order valence-electron chi connectivity index (χ1n) is 7.51. The molecule has 3 N–H and O–H groups in total. The Kier molecular flexibility index (Phi) is 5.08. The number of hydrogen-bond acceptors (Lipinski definition) is 4. The minimum atomic E-state index is -3.59. The number of benzene rings is 2. The van der Waals surface area contributed by atoms with E-state index < -0.39 is 10.0 Å². The van der Waals surface area contributed by atoms with Gasteiger partial charge in [-0.25, -0.2) is 18.2 Å². The third kappa shape index (κ3) is 4.69. The molecule has 0 radical (unpaired) electrons. The minimum Gasteiger partial charge on any atom is -0.322 e. The van der Waals surface area contributed by atoms with Crippen LogP contribution in [0.25, 0.3) is 5.69 Å². The fraction of sp³-hybridized carbons (Fsp3) is 0.0588. The summed E-state index contributed by atoms with van der Waals surface area (Å²) in [6, 6.07) is 13.5. The Balaban J connectivity index is 1.71. The number of anilines is 1. The molecule has 0 spiro atoms. The van der Waals surface area contributed by atoms with E-state index in [1.54, 1.807) is 53.3 Å². The van der Waals surface area contributed by atoms with Gasteiger partial charge in [0.2, 0.25) is 10.0 Å². The van der Waals surface area contributed by atoms with Crippen LogP contribution in [0.1, 0.15) is 15.9 Å². The van der Waals surface area contributed by atoms with Gasteiger partial charge in [-0.2, -0.15) is 5.10 Å². The third-order valence-corrected chi connectivity index (χ3v) is 4.47. The predicted octanol–water partition coefficient (Wildman–Crippen LogP) is 2.57. The molecule has 26 heavy (non-hydrogen) atoms. The van der Waals surface area contributed by atoms with Gasteiger partial charge in [-0.15, -0.1) is 0 Å². The molecule has 134 valence electrons. The van der Waals surface area contributed by atoms with E-state index in [4.69, 9.17) is 16.7 Å². The van der Waals surface area contributed by atoms with Crippen molar-refractivity contribution in [1.82, 2.24) is 9.78 Å². The van der Waals surface area contributed by atoms with Crippen LogP contribution in [0.5, 0.6) is 0 Å². The van der Waals surface area contributed by atoms with Crippen molar-refractivity contribution in [2.45, 2.75) is 5.75 Å². The standard InChI is InChI=1S/C17H15ClN4O3S/c18-14-2-1-3-16(8-14)22-10-13(9-20-22)17(23)21-15-6-4-12(5-7-15)11-26(19,24)25/h1-10H,11H2,(H,21,23)(H2,19,24,25). The maximum atomic E-state index is 12.3. The SMILES string of the molecule is NS(=O)(=O)Cc1ccc(NC(=O)c2cnn(-c3cccc(Cl)c3)c2)cc1. The van der Waals surface area contributed by atoms with Crippen LogP contribution < -0.4 is 10.5 Å². The second-order valence-electron chi connectivity index (χ2n) is 5.61. The Hall–Kier alpha value is -2.68. The molecular weight excluding hydrogens is 376 g/mol. The predicted molar refractivity (Wildman–Crippen MR) is 99.8 cm³/mol. The third-order valence-electron chi connectivity index (χ3n) is 3.50. The van der Waals surface area contributed by atoms with Crippen molar-refractivity contribution in [1.29, 1.82) is 0 Å². The lowest BCUT2D eigenvalue weighted by molar-refractivity contribution is 0.102. The number of aromatic nitrogens is 2. The number of amides is 1. The molecule has 0 unspecified atom stereocenters. The Morgan fingerprint density at radius 2 is 1.92 bits per heavy atom. The largest absolute Gasteiger partial charge is 0.322 e. The summed E-state index contributed by atoms with van der Waals surface area (Å²) in [5.74, 6) is -0.592. The van der Waals surface area contributed by atoms with Gasteiger partial charge < -0.3 is 5.32 Å². The molecule has 0 aliphatic carbocycles. The van der Waals surface area contributed by atoms with Gasteiger partial charge in [-0.3, -0.25) is 4.79 Å². The second-order valence-corrected chi connectivity index (χ2v) is 7.66. The molecule has 3 rings (SSSR count). The lowest BCUT2D eigenvalue weighted by Gasteiger charge is -2.05. The summed E-state index contributed by atoms with van der Waals surface area (Å²) in [6.45, 7) is 0. The highest BCUT2D eigenvalue weighted by Crippen LogP contribution is 2.16. The Morgan fingerprint density at radius 3 is 2.58 bits per heavy atom. The van der Waals surface area contributed by atoms with Gasteiger partial charge in [0.25, 0.3) is 5.91 Å². The van der Waals surface area contributed by atoms with Crippen LogP contribution in [0.15, 0.2) is 60.9 Å². The highest BCUT2D eigenvalue weighted by molar-refractivity contribution is 7.88. The van der Waals surface area contributed by atoms with E-state index in [0.29, 0.717) is 21.8 Å². The van der Waals surface area contributed by atoms with E-state index >= 15 is 0 Å². The number of carbonyl (C=O) groups is 1. The summed E-state index contributed by atoms with van der Waals surface area (Å²) in [7, 11) is -3.59. The maximum absolute atomic E-state index is 12.3. The Morgan fingerprint density at radius 1 is 1.19 bits per heavy atom.